The standard InChI is InChI=1S/C33H30ClN3O5/c1-3-42-31-18-26(34)11-13-28(31)29-19-30(25-9-8-24-17-27(41-2)12-10-23(24)16-25)37(36-29)20-21-4-6-22(7-5-21)33(40)35-15-14-32(38)39/h4-13,16-19H,3,14-15,20H2,1-2H3,(H,35,40)(H,38,39). The van der Waals surface area contributed by atoms with Crippen molar-refractivity contribution in [3.05, 3.63) is 101 Å². The van der Waals surface area contributed by atoms with Gasteiger partial charge in [0.1, 0.15) is 11.5 Å². The zero-order chi connectivity index (χ0) is 29.6. The van der Waals surface area contributed by atoms with Gasteiger partial charge in [-0.3, -0.25) is 14.3 Å². The van der Waals surface area contributed by atoms with E-state index in [-0.39, 0.29) is 18.9 Å². The molecule has 0 radical (unpaired) electrons. The van der Waals surface area contributed by atoms with Crippen molar-refractivity contribution in [3.8, 4) is 34.0 Å². The molecule has 0 spiro atoms. The van der Waals surface area contributed by atoms with Crippen molar-refractivity contribution < 1.29 is 24.2 Å². The van der Waals surface area contributed by atoms with Gasteiger partial charge >= 0.3 is 5.97 Å². The maximum absolute atomic E-state index is 12.4. The highest BCUT2D eigenvalue weighted by Crippen LogP contribution is 2.35. The van der Waals surface area contributed by atoms with Crippen molar-refractivity contribution in [2.75, 3.05) is 20.3 Å². The molecule has 42 heavy (non-hydrogen) atoms. The van der Waals surface area contributed by atoms with Crippen LogP contribution in [-0.2, 0) is 11.3 Å². The van der Waals surface area contributed by atoms with Gasteiger partial charge in [-0.25, -0.2) is 0 Å². The number of carboxylic acids is 1. The zero-order valence-corrected chi connectivity index (χ0v) is 24.0. The summed E-state index contributed by atoms with van der Waals surface area (Å²) in [4.78, 5) is 23.1. The number of carboxylic acid groups (broad SMARTS) is 1. The summed E-state index contributed by atoms with van der Waals surface area (Å²) < 4.78 is 13.2. The number of benzene rings is 4. The van der Waals surface area contributed by atoms with Crippen LogP contribution in [0.2, 0.25) is 5.02 Å². The third kappa shape index (κ3) is 6.56. The molecule has 9 heteroatoms. The molecule has 0 fully saturated rings. The molecule has 8 nitrogen and oxygen atoms in total. The largest absolute Gasteiger partial charge is 0.497 e. The molecule has 2 N–H and O–H groups in total. The number of nitrogens with one attached hydrogen (secondary N) is 1. The number of carbonyl (C=O) groups is 2. The molecule has 5 aromatic rings. The van der Waals surface area contributed by atoms with E-state index in [0.717, 1.165) is 44.6 Å². The second kappa shape index (κ2) is 12.8. The highest BCUT2D eigenvalue weighted by molar-refractivity contribution is 6.30. The van der Waals surface area contributed by atoms with E-state index in [1.165, 1.54) is 0 Å². The molecule has 0 aliphatic carbocycles. The number of aromatic nitrogens is 2. The lowest BCUT2D eigenvalue weighted by atomic mass is 10.0. The van der Waals surface area contributed by atoms with E-state index in [1.54, 1.807) is 25.3 Å². The van der Waals surface area contributed by atoms with Gasteiger partial charge in [0.15, 0.2) is 0 Å². The summed E-state index contributed by atoms with van der Waals surface area (Å²) in [5.74, 6) is 0.180. The SMILES string of the molecule is CCOc1cc(Cl)ccc1-c1cc(-c2ccc3cc(OC)ccc3c2)n(Cc2ccc(C(=O)NCCC(=O)O)cc2)n1. The quantitative estimate of drug-likeness (QED) is 0.180. The van der Waals surface area contributed by atoms with E-state index < -0.39 is 5.97 Å². The predicted octanol–water partition coefficient (Wildman–Crippen LogP) is 6.68. The van der Waals surface area contributed by atoms with E-state index in [4.69, 9.17) is 31.3 Å². The molecule has 1 aromatic heterocycles. The first-order valence-electron chi connectivity index (χ1n) is 13.5. The van der Waals surface area contributed by atoms with Crippen LogP contribution in [0.4, 0.5) is 0 Å². The summed E-state index contributed by atoms with van der Waals surface area (Å²) in [5, 5.41) is 19.1. The summed E-state index contributed by atoms with van der Waals surface area (Å²) in [6.45, 7) is 2.94. The van der Waals surface area contributed by atoms with E-state index >= 15 is 0 Å². The fourth-order valence-corrected chi connectivity index (χ4v) is 4.88. The van der Waals surface area contributed by atoms with Crippen molar-refractivity contribution in [2.45, 2.75) is 19.9 Å². The third-order valence-electron chi connectivity index (χ3n) is 6.82. The van der Waals surface area contributed by atoms with Crippen LogP contribution in [0.15, 0.2) is 84.9 Å². The second-order valence-electron chi connectivity index (χ2n) is 9.67. The van der Waals surface area contributed by atoms with E-state index in [0.29, 0.717) is 29.5 Å². The van der Waals surface area contributed by atoms with Gasteiger partial charge in [-0.05, 0) is 77.9 Å². The van der Waals surface area contributed by atoms with Gasteiger partial charge in [0.2, 0.25) is 0 Å². The minimum atomic E-state index is -0.960. The zero-order valence-electron chi connectivity index (χ0n) is 23.3. The number of fused-ring (bicyclic) bond motifs is 1. The molecule has 0 bridgehead atoms. The van der Waals surface area contributed by atoms with Crippen molar-refractivity contribution in [3.63, 3.8) is 0 Å². The van der Waals surface area contributed by atoms with Crippen LogP contribution in [0.5, 0.6) is 11.5 Å². The summed E-state index contributed by atoms with van der Waals surface area (Å²) in [6, 6.07) is 27.0. The highest BCUT2D eigenvalue weighted by atomic mass is 35.5. The number of halogens is 1. The van der Waals surface area contributed by atoms with Crippen LogP contribution < -0.4 is 14.8 Å². The molecule has 0 unspecified atom stereocenters. The molecular formula is C33H30ClN3O5. The van der Waals surface area contributed by atoms with E-state index in [1.807, 2.05) is 60.1 Å². The van der Waals surface area contributed by atoms with Gasteiger partial charge in [-0.2, -0.15) is 5.10 Å². The van der Waals surface area contributed by atoms with Crippen molar-refractivity contribution in [1.82, 2.24) is 15.1 Å². The van der Waals surface area contributed by atoms with Crippen molar-refractivity contribution in [2.24, 2.45) is 0 Å². The minimum absolute atomic E-state index is 0.0717. The number of ether oxygens (including phenoxy) is 2. The maximum atomic E-state index is 12.4. The van der Waals surface area contributed by atoms with Gasteiger partial charge in [0.25, 0.3) is 5.91 Å². The van der Waals surface area contributed by atoms with Crippen LogP contribution >= 0.6 is 11.6 Å². The molecule has 1 heterocycles. The monoisotopic (exact) mass is 583 g/mol. The van der Waals surface area contributed by atoms with Gasteiger partial charge in [-0.15, -0.1) is 0 Å². The fraction of sp³-hybridized carbons (Fsp3) is 0.182. The maximum Gasteiger partial charge on any atom is 0.305 e. The molecule has 1 amide bonds. The molecule has 0 aliphatic heterocycles. The van der Waals surface area contributed by atoms with Crippen LogP contribution in [0, 0.1) is 0 Å². The lowest BCUT2D eigenvalue weighted by Gasteiger charge is -2.10. The molecule has 0 saturated carbocycles. The van der Waals surface area contributed by atoms with Crippen molar-refractivity contribution >= 4 is 34.2 Å². The summed E-state index contributed by atoms with van der Waals surface area (Å²) >= 11 is 6.26. The molecule has 0 atom stereocenters. The van der Waals surface area contributed by atoms with Gasteiger partial charge in [-0.1, -0.05) is 41.9 Å². The first kappa shape index (κ1) is 28.7. The van der Waals surface area contributed by atoms with Gasteiger partial charge < -0.3 is 19.9 Å². The third-order valence-corrected chi connectivity index (χ3v) is 7.05. The Bertz CT molecular complexity index is 1750. The number of aliphatic carboxylic acids is 1. The van der Waals surface area contributed by atoms with Crippen LogP contribution in [0.3, 0.4) is 0 Å². The lowest BCUT2D eigenvalue weighted by molar-refractivity contribution is -0.136. The Labute approximate surface area is 248 Å². The number of methoxy groups -OCH3 is 1. The molecule has 214 valence electrons. The van der Waals surface area contributed by atoms with Crippen LogP contribution in [-0.4, -0.2) is 47.0 Å². The highest BCUT2D eigenvalue weighted by Gasteiger charge is 2.17. The van der Waals surface area contributed by atoms with Crippen LogP contribution in [0.1, 0.15) is 29.3 Å². The summed E-state index contributed by atoms with van der Waals surface area (Å²) in [5.41, 5.74) is 4.88. The molecule has 4 aromatic carbocycles. The number of rotatable bonds is 11. The Morgan fingerprint density at radius 2 is 1.71 bits per heavy atom. The smallest absolute Gasteiger partial charge is 0.305 e. The number of amides is 1. The first-order valence-corrected chi connectivity index (χ1v) is 13.9. The Morgan fingerprint density at radius 1 is 0.952 bits per heavy atom. The van der Waals surface area contributed by atoms with E-state index in [9.17, 15) is 9.59 Å². The summed E-state index contributed by atoms with van der Waals surface area (Å²) in [6.07, 6.45) is -0.130. The lowest BCUT2D eigenvalue weighted by Crippen LogP contribution is -2.25. The van der Waals surface area contributed by atoms with E-state index in [2.05, 4.69) is 23.5 Å². The average molecular weight is 584 g/mol. The number of hydrogen-bond acceptors (Lipinski definition) is 5. The van der Waals surface area contributed by atoms with Gasteiger partial charge in [0.05, 0.1) is 38.1 Å². The number of carbonyl (C=O) groups excluding carboxylic acids is 1. The average Bonchev–Trinajstić information content (AvgIpc) is 3.40. The molecule has 5 rings (SSSR count). The molecular weight excluding hydrogens is 554 g/mol. The predicted molar refractivity (Wildman–Crippen MR) is 163 cm³/mol. The second-order valence-corrected chi connectivity index (χ2v) is 10.1. The molecule has 0 aliphatic rings. The fourth-order valence-electron chi connectivity index (χ4n) is 4.71. The van der Waals surface area contributed by atoms with Crippen LogP contribution in [0.25, 0.3) is 33.3 Å². The topological polar surface area (TPSA) is 103 Å². The number of nitrogens with zero attached hydrogens (tertiary/aromatic N) is 2. The Hall–Kier alpha value is -4.82. The Morgan fingerprint density at radius 3 is 2.45 bits per heavy atom. The summed E-state index contributed by atoms with van der Waals surface area (Å²) in [7, 11) is 1.65. The normalized spacial score (nSPS) is 10.9. The minimum Gasteiger partial charge on any atom is -0.497 e. The molecule has 0 saturated heterocycles. The first-order chi connectivity index (χ1) is 20.3. The van der Waals surface area contributed by atoms with Gasteiger partial charge in [0, 0.05) is 28.3 Å². The van der Waals surface area contributed by atoms with Crippen molar-refractivity contribution in [1.29, 1.82) is 0 Å². The number of hydrogen-bond donors (Lipinski definition) is 2. The Balaban J connectivity index is 1.50. The Kier molecular flexibility index (Phi) is 8.74.